The van der Waals surface area contributed by atoms with Crippen LogP contribution in [0.15, 0.2) is 88.9 Å². The predicted molar refractivity (Wildman–Crippen MR) is 112 cm³/mol. The number of para-hydroxylation sites is 1. The van der Waals surface area contributed by atoms with E-state index in [1.165, 1.54) is 11.8 Å². The van der Waals surface area contributed by atoms with Gasteiger partial charge >= 0.3 is 10.1 Å². The lowest BCUT2D eigenvalue weighted by Gasteiger charge is -2.15. The van der Waals surface area contributed by atoms with Crippen LogP contribution in [0.1, 0.15) is 22.1 Å². The number of rotatable bonds is 5. The van der Waals surface area contributed by atoms with Crippen LogP contribution in [0.3, 0.4) is 0 Å². The molecule has 0 bridgehead atoms. The third kappa shape index (κ3) is 3.90. The van der Waals surface area contributed by atoms with E-state index in [1.807, 2.05) is 49.4 Å². The Balaban J connectivity index is 1.57. The molecule has 0 saturated carbocycles. The van der Waals surface area contributed by atoms with Gasteiger partial charge in [-0.25, -0.2) is 0 Å². The third-order valence-corrected chi connectivity index (χ3v) is 6.64. The van der Waals surface area contributed by atoms with Gasteiger partial charge in [-0.1, -0.05) is 78.0 Å². The largest absolute Gasteiger partial charge is 0.379 e. The summed E-state index contributed by atoms with van der Waals surface area (Å²) >= 11 is 1.52. The molecule has 0 amide bonds. The van der Waals surface area contributed by atoms with Gasteiger partial charge in [0.2, 0.25) is 0 Å². The van der Waals surface area contributed by atoms with Crippen LogP contribution in [0.4, 0.5) is 0 Å². The molecule has 5 nitrogen and oxygen atoms in total. The minimum absolute atomic E-state index is 0.126. The Kier molecular flexibility index (Phi) is 5.11. The molecule has 7 heteroatoms. The fraction of sp³-hybridized carbons (Fsp3) is 0.0952. The molecule has 0 radical (unpaired) electrons. The van der Waals surface area contributed by atoms with Crippen LogP contribution >= 0.6 is 11.8 Å². The lowest BCUT2D eigenvalue weighted by molar-refractivity contribution is 0.481. The van der Waals surface area contributed by atoms with Crippen LogP contribution in [-0.4, -0.2) is 13.5 Å². The monoisotopic (exact) mass is 410 g/mol. The molecule has 142 valence electrons. The highest BCUT2D eigenvalue weighted by Crippen LogP contribution is 2.39. The quantitative estimate of drug-likeness (QED) is 0.629. The first kappa shape index (κ1) is 18.6. The van der Waals surface area contributed by atoms with Gasteiger partial charge in [0.05, 0.1) is 0 Å². The Morgan fingerprint density at radius 3 is 2.36 bits per heavy atom. The fourth-order valence-corrected chi connectivity index (χ4v) is 4.75. The van der Waals surface area contributed by atoms with Crippen LogP contribution in [0.25, 0.3) is 0 Å². The Morgan fingerprint density at radius 1 is 0.929 bits per heavy atom. The molecule has 1 aliphatic heterocycles. The van der Waals surface area contributed by atoms with Crippen molar-refractivity contribution in [1.82, 2.24) is 5.43 Å². The molecule has 3 aromatic carbocycles. The number of nitrogens with zero attached hydrogens (tertiary/aromatic N) is 1. The number of nitrogens with one attached hydrogen (secondary N) is 1. The number of benzene rings is 3. The lowest BCUT2D eigenvalue weighted by atomic mass is 10.2. The highest BCUT2D eigenvalue weighted by molar-refractivity contribution is 8.14. The molecule has 1 heterocycles. The Labute approximate surface area is 168 Å². The molecule has 3 aromatic rings. The van der Waals surface area contributed by atoms with E-state index in [1.54, 1.807) is 36.4 Å². The summed E-state index contributed by atoms with van der Waals surface area (Å²) in [7, 11) is -3.92. The van der Waals surface area contributed by atoms with Crippen LogP contribution in [0.5, 0.6) is 5.75 Å². The number of hydrogen-bond acceptors (Lipinski definition) is 6. The standard InChI is InChI=1S/C21H18N2O3S2/c1-15-11-13-17(14-12-15)28(24,25)26-19-10-6-5-9-18(19)21-23-22-20(27-21)16-7-3-2-4-8-16/h2-14,21,23H,1H3. The minimum atomic E-state index is -3.92. The maximum absolute atomic E-state index is 12.7. The van der Waals surface area contributed by atoms with E-state index in [4.69, 9.17) is 4.18 Å². The lowest BCUT2D eigenvalue weighted by Crippen LogP contribution is -2.14. The van der Waals surface area contributed by atoms with Gasteiger partial charge in [-0.3, -0.25) is 5.43 Å². The van der Waals surface area contributed by atoms with Crippen molar-refractivity contribution in [2.24, 2.45) is 5.10 Å². The minimum Gasteiger partial charge on any atom is -0.379 e. The average Bonchev–Trinajstić information content (AvgIpc) is 3.19. The molecule has 1 N–H and O–H groups in total. The van der Waals surface area contributed by atoms with Gasteiger partial charge in [0, 0.05) is 11.1 Å². The summed E-state index contributed by atoms with van der Waals surface area (Å²) in [5.74, 6) is 0.289. The molecule has 28 heavy (non-hydrogen) atoms. The second-order valence-electron chi connectivity index (χ2n) is 6.30. The SMILES string of the molecule is Cc1ccc(S(=O)(=O)Oc2ccccc2C2NN=C(c3ccccc3)S2)cc1. The number of thioether (sulfide) groups is 1. The third-order valence-electron chi connectivity index (χ3n) is 4.24. The van der Waals surface area contributed by atoms with Gasteiger partial charge in [0.1, 0.15) is 21.1 Å². The van der Waals surface area contributed by atoms with Crippen LogP contribution < -0.4 is 9.61 Å². The van der Waals surface area contributed by atoms with Crippen molar-refractivity contribution in [2.75, 3.05) is 0 Å². The van der Waals surface area contributed by atoms with E-state index in [0.29, 0.717) is 0 Å². The summed E-state index contributed by atoms with van der Waals surface area (Å²) in [6.45, 7) is 1.90. The molecule has 4 rings (SSSR count). The van der Waals surface area contributed by atoms with Gasteiger partial charge in [0.25, 0.3) is 0 Å². The topological polar surface area (TPSA) is 67.8 Å². The summed E-state index contributed by atoms with van der Waals surface area (Å²) in [6.07, 6.45) is 0. The fourth-order valence-electron chi connectivity index (χ4n) is 2.77. The van der Waals surface area contributed by atoms with Crippen molar-refractivity contribution in [3.05, 3.63) is 95.6 Å². The molecular formula is C21H18N2O3S2. The maximum Gasteiger partial charge on any atom is 0.339 e. The first-order chi connectivity index (χ1) is 13.5. The van der Waals surface area contributed by atoms with Gasteiger partial charge in [0.15, 0.2) is 0 Å². The number of aryl methyl sites for hydroxylation is 1. The molecule has 0 aromatic heterocycles. The molecular weight excluding hydrogens is 392 g/mol. The van der Waals surface area contributed by atoms with Crippen molar-refractivity contribution in [3.8, 4) is 5.75 Å². The van der Waals surface area contributed by atoms with Crippen LogP contribution in [-0.2, 0) is 10.1 Å². The summed E-state index contributed by atoms with van der Waals surface area (Å²) in [5, 5.41) is 5.01. The number of hydrazone groups is 1. The summed E-state index contributed by atoms with van der Waals surface area (Å²) in [4.78, 5) is 0.126. The first-order valence-corrected chi connectivity index (χ1v) is 11.0. The highest BCUT2D eigenvalue weighted by Gasteiger charge is 2.27. The van der Waals surface area contributed by atoms with Crippen LogP contribution in [0.2, 0.25) is 0 Å². The Morgan fingerprint density at radius 2 is 1.61 bits per heavy atom. The molecule has 0 aliphatic carbocycles. The maximum atomic E-state index is 12.7. The summed E-state index contributed by atoms with van der Waals surface area (Å²) in [6, 6.07) is 23.5. The average molecular weight is 411 g/mol. The van der Waals surface area contributed by atoms with Crippen molar-refractivity contribution >= 4 is 26.9 Å². The molecule has 1 atom stereocenters. The van der Waals surface area contributed by atoms with Crippen molar-refractivity contribution in [3.63, 3.8) is 0 Å². The molecule has 1 aliphatic rings. The van der Waals surface area contributed by atoms with E-state index in [0.717, 1.165) is 21.7 Å². The van der Waals surface area contributed by atoms with Crippen molar-refractivity contribution in [1.29, 1.82) is 0 Å². The van der Waals surface area contributed by atoms with E-state index in [9.17, 15) is 8.42 Å². The highest BCUT2D eigenvalue weighted by atomic mass is 32.2. The molecule has 0 spiro atoms. The van der Waals surface area contributed by atoms with E-state index >= 15 is 0 Å². The second kappa shape index (κ2) is 7.69. The van der Waals surface area contributed by atoms with Gasteiger partial charge in [-0.2, -0.15) is 13.5 Å². The summed E-state index contributed by atoms with van der Waals surface area (Å²) < 4.78 is 30.9. The zero-order valence-electron chi connectivity index (χ0n) is 15.1. The smallest absolute Gasteiger partial charge is 0.339 e. The van der Waals surface area contributed by atoms with E-state index in [-0.39, 0.29) is 16.0 Å². The zero-order valence-corrected chi connectivity index (χ0v) is 16.7. The van der Waals surface area contributed by atoms with Crippen LogP contribution in [0, 0.1) is 6.92 Å². The van der Waals surface area contributed by atoms with E-state index < -0.39 is 10.1 Å². The van der Waals surface area contributed by atoms with Gasteiger partial charge in [-0.05, 0) is 25.1 Å². The Hall–Kier alpha value is -2.77. The van der Waals surface area contributed by atoms with Gasteiger partial charge in [-0.15, -0.1) is 0 Å². The molecule has 1 unspecified atom stereocenters. The van der Waals surface area contributed by atoms with Gasteiger partial charge < -0.3 is 4.18 Å². The molecule has 0 fully saturated rings. The molecule has 0 saturated heterocycles. The number of hydrogen-bond donors (Lipinski definition) is 1. The predicted octanol–water partition coefficient (Wildman–Crippen LogP) is 4.46. The second-order valence-corrected chi connectivity index (χ2v) is 8.94. The van der Waals surface area contributed by atoms with Crippen molar-refractivity contribution in [2.45, 2.75) is 17.2 Å². The van der Waals surface area contributed by atoms with Crippen molar-refractivity contribution < 1.29 is 12.6 Å². The first-order valence-electron chi connectivity index (χ1n) is 8.68. The summed E-state index contributed by atoms with van der Waals surface area (Å²) in [5.41, 5.74) is 5.78. The zero-order chi connectivity index (χ0) is 19.6. The Bertz CT molecular complexity index is 1110. The normalized spacial score (nSPS) is 16.3. The van der Waals surface area contributed by atoms with E-state index in [2.05, 4.69) is 10.5 Å².